The van der Waals surface area contributed by atoms with Crippen molar-refractivity contribution in [3.8, 4) is 11.5 Å². The average Bonchev–Trinajstić information content (AvgIpc) is 3.40. The summed E-state index contributed by atoms with van der Waals surface area (Å²) in [5.74, 6) is -0.226. The topological polar surface area (TPSA) is 105 Å². The average molecular weight is 601 g/mol. The lowest BCUT2D eigenvalue weighted by molar-refractivity contribution is -0.140. The molecule has 1 fully saturated rings. The van der Waals surface area contributed by atoms with E-state index in [1.807, 2.05) is 0 Å². The number of nitrogens with zero attached hydrogens (tertiary/aromatic N) is 2. The minimum absolute atomic E-state index is 0.0449. The number of hydrogen-bond acceptors (Lipinski definition) is 6. The van der Waals surface area contributed by atoms with Gasteiger partial charge in [-0.05, 0) is 43.5 Å². The van der Waals surface area contributed by atoms with Crippen molar-refractivity contribution < 1.29 is 27.5 Å². The predicted octanol–water partition coefficient (Wildman–Crippen LogP) is 4.64. The molecule has 1 N–H and O–H groups in total. The number of carbonyl (C=O) groups is 2. The van der Waals surface area contributed by atoms with Crippen molar-refractivity contribution in [2.24, 2.45) is 0 Å². The van der Waals surface area contributed by atoms with Gasteiger partial charge in [0.1, 0.15) is 24.1 Å². The first-order valence-corrected chi connectivity index (χ1v) is 15.3. The van der Waals surface area contributed by atoms with Gasteiger partial charge in [0.2, 0.25) is 21.8 Å². The lowest BCUT2D eigenvalue weighted by Crippen LogP contribution is -2.53. The van der Waals surface area contributed by atoms with E-state index in [-0.39, 0.29) is 29.9 Å². The van der Waals surface area contributed by atoms with Crippen LogP contribution in [-0.2, 0) is 26.2 Å². The second-order valence-electron chi connectivity index (χ2n) is 9.44. The van der Waals surface area contributed by atoms with Crippen LogP contribution in [0, 0.1) is 0 Å². The summed E-state index contributed by atoms with van der Waals surface area (Å²) < 4.78 is 37.4. The van der Waals surface area contributed by atoms with Crippen LogP contribution in [0.15, 0.2) is 36.4 Å². The molecular formula is C27H35Cl2N3O6S. The van der Waals surface area contributed by atoms with Crippen LogP contribution in [-0.4, -0.2) is 64.2 Å². The minimum atomic E-state index is -3.95. The molecule has 2 aromatic rings. The summed E-state index contributed by atoms with van der Waals surface area (Å²) in [6.45, 7) is 1.15. The number of nitrogens with one attached hydrogen (secondary N) is 1. The molecule has 214 valence electrons. The quantitative estimate of drug-likeness (QED) is 0.381. The highest BCUT2D eigenvalue weighted by Crippen LogP contribution is 2.34. The molecule has 39 heavy (non-hydrogen) atoms. The molecule has 1 atom stereocenters. The molecule has 12 heteroatoms. The fourth-order valence-electron chi connectivity index (χ4n) is 4.73. The Balaban J connectivity index is 2.01. The van der Waals surface area contributed by atoms with Crippen LogP contribution in [0.5, 0.6) is 11.5 Å². The third-order valence-electron chi connectivity index (χ3n) is 6.81. The Kier molecular flexibility index (Phi) is 10.7. The number of ether oxygens (including phenoxy) is 2. The van der Waals surface area contributed by atoms with Gasteiger partial charge in [0.25, 0.3) is 0 Å². The number of carbonyl (C=O) groups excluding carboxylic acids is 2. The summed E-state index contributed by atoms with van der Waals surface area (Å²) in [5.41, 5.74) is 0.627. The summed E-state index contributed by atoms with van der Waals surface area (Å²) in [6.07, 6.45) is 5.14. The van der Waals surface area contributed by atoms with Gasteiger partial charge < -0.3 is 19.7 Å². The number of methoxy groups -OCH3 is 2. The Morgan fingerprint density at radius 2 is 1.72 bits per heavy atom. The molecule has 2 amide bonds. The molecule has 2 aromatic carbocycles. The van der Waals surface area contributed by atoms with Gasteiger partial charge in [-0.1, -0.05) is 49.0 Å². The van der Waals surface area contributed by atoms with E-state index in [1.54, 1.807) is 31.2 Å². The van der Waals surface area contributed by atoms with Gasteiger partial charge >= 0.3 is 0 Å². The Bertz CT molecular complexity index is 1260. The van der Waals surface area contributed by atoms with E-state index in [2.05, 4.69) is 5.32 Å². The van der Waals surface area contributed by atoms with E-state index in [0.29, 0.717) is 27.8 Å². The SMILES string of the molecule is CC[C@H](C(=O)NC1CCCC1)N(Cc1c(Cl)cccc1Cl)C(=O)CN(c1ccc(OC)cc1OC)S(C)(=O)=O. The van der Waals surface area contributed by atoms with Crippen LogP contribution in [0.4, 0.5) is 5.69 Å². The van der Waals surface area contributed by atoms with E-state index in [9.17, 15) is 18.0 Å². The highest BCUT2D eigenvalue weighted by molar-refractivity contribution is 7.92. The van der Waals surface area contributed by atoms with Gasteiger partial charge in [-0.25, -0.2) is 8.42 Å². The highest BCUT2D eigenvalue weighted by atomic mass is 35.5. The van der Waals surface area contributed by atoms with Crippen LogP contribution < -0.4 is 19.1 Å². The normalized spacial score (nSPS) is 14.5. The summed E-state index contributed by atoms with van der Waals surface area (Å²) in [7, 11) is -1.07. The third-order valence-corrected chi connectivity index (χ3v) is 8.65. The van der Waals surface area contributed by atoms with Crippen molar-refractivity contribution in [2.45, 2.75) is 57.7 Å². The molecule has 1 aliphatic rings. The lowest BCUT2D eigenvalue weighted by atomic mass is 10.1. The number of hydrogen-bond donors (Lipinski definition) is 1. The van der Waals surface area contributed by atoms with Crippen LogP contribution in [0.1, 0.15) is 44.6 Å². The zero-order valence-corrected chi connectivity index (χ0v) is 24.9. The molecular weight excluding hydrogens is 565 g/mol. The maximum Gasteiger partial charge on any atom is 0.244 e. The van der Waals surface area contributed by atoms with Gasteiger partial charge in [-0.2, -0.15) is 0 Å². The van der Waals surface area contributed by atoms with Crippen LogP contribution in [0.25, 0.3) is 0 Å². The molecule has 0 bridgehead atoms. The fourth-order valence-corrected chi connectivity index (χ4v) is 6.10. The molecule has 0 spiro atoms. The Labute approximate surface area is 240 Å². The van der Waals surface area contributed by atoms with Crippen LogP contribution >= 0.6 is 23.2 Å². The Morgan fingerprint density at radius 3 is 2.26 bits per heavy atom. The zero-order valence-electron chi connectivity index (χ0n) is 22.6. The first kappa shape index (κ1) is 30.8. The van der Waals surface area contributed by atoms with Gasteiger partial charge in [-0.15, -0.1) is 0 Å². The van der Waals surface area contributed by atoms with E-state index in [1.165, 1.54) is 31.3 Å². The smallest absolute Gasteiger partial charge is 0.244 e. The van der Waals surface area contributed by atoms with E-state index < -0.39 is 28.5 Å². The molecule has 1 saturated carbocycles. The molecule has 0 aromatic heterocycles. The Hall–Kier alpha value is -2.69. The number of halogens is 2. The van der Waals surface area contributed by atoms with Gasteiger partial charge in [0, 0.05) is 34.3 Å². The molecule has 1 aliphatic carbocycles. The largest absolute Gasteiger partial charge is 0.497 e. The lowest BCUT2D eigenvalue weighted by Gasteiger charge is -2.34. The highest BCUT2D eigenvalue weighted by Gasteiger charge is 2.34. The van der Waals surface area contributed by atoms with Crippen LogP contribution in [0.3, 0.4) is 0 Å². The summed E-state index contributed by atoms with van der Waals surface area (Å²) >= 11 is 12.9. The molecule has 9 nitrogen and oxygen atoms in total. The standard InChI is InChI=1S/C27H35Cl2N3O6S/c1-5-23(27(34)30-18-9-6-7-10-18)31(16-20-21(28)11-8-12-22(20)29)26(33)17-32(39(4,35)36)24-14-13-19(37-2)15-25(24)38-3/h8,11-15,18,23H,5-7,9-10,16-17H2,1-4H3,(H,30,34)/t23-/m1/s1. The number of benzene rings is 2. The predicted molar refractivity (Wildman–Crippen MR) is 153 cm³/mol. The van der Waals surface area contributed by atoms with Crippen molar-refractivity contribution in [2.75, 3.05) is 31.3 Å². The van der Waals surface area contributed by atoms with Crippen molar-refractivity contribution in [3.05, 3.63) is 52.0 Å². The van der Waals surface area contributed by atoms with Gasteiger partial charge in [0.15, 0.2) is 0 Å². The van der Waals surface area contributed by atoms with E-state index in [0.717, 1.165) is 36.2 Å². The number of amides is 2. The van der Waals surface area contributed by atoms with Gasteiger partial charge in [0.05, 0.1) is 26.2 Å². The van der Waals surface area contributed by atoms with Crippen LogP contribution in [0.2, 0.25) is 10.0 Å². The van der Waals surface area contributed by atoms with E-state index >= 15 is 0 Å². The van der Waals surface area contributed by atoms with Crippen molar-refractivity contribution in [1.29, 1.82) is 0 Å². The number of rotatable bonds is 12. The second kappa shape index (κ2) is 13.6. The summed E-state index contributed by atoms with van der Waals surface area (Å²) in [4.78, 5) is 28.7. The number of anilines is 1. The molecule has 0 heterocycles. The van der Waals surface area contributed by atoms with Crippen molar-refractivity contribution in [1.82, 2.24) is 10.2 Å². The first-order chi connectivity index (χ1) is 18.5. The monoisotopic (exact) mass is 599 g/mol. The summed E-state index contributed by atoms with van der Waals surface area (Å²) in [5, 5.41) is 3.73. The first-order valence-electron chi connectivity index (χ1n) is 12.7. The number of sulfonamides is 1. The maximum atomic E-state index is 14.0. The minimum Gasteiger partial charge on any atom is -0.497 e. The summed E-state index contributed by atoms with van der Waals surface area (Å²) in [6, 6.07) is 8.77. The van der Waals surface area contributed by atoms with Crippen molar-refractivity contribution in [3.63, 3.8) is 0 Å². The second-order valence-corrected chi connectivity index (χ2v) is 12.2. The molecule has 0 unspecified atom stereocenters. The fraction of sp³-hybridized carbons (Fsp3) is 0.481. The molecule has 0 aliphatic heterocycles. The van der Waals surface area contributed by atoms with Gasteiger partial charge in [-0.3, -0.25) is 13.9 Å². The molecule has 3 rings (SSSR count). The Morgan fingerprint density at radius 1 is 1.08 bits per heavy atom. The maximum absolute atomic E-state index is 14.0. The van der Waals surface area contributed by atoms with E-state index in [4.69, 9.17) is 32.7 Å². The third kappa shape index (κ3) is 7.70. The molecule has 0 radical (unpaired) electrons. The van der Waals surface area contributed by atoms with Crippen molar-refractivity contribution >= 4 is 50.7 Å². The zero-order chi connectivity index (χ0) is 28.7. The molecule has 0 saturated heterocycles.